The quantitative estimate of drug-likeness (QED) is 0.351. The number of hydrogen-bond donors (Lipinski definition) is 4. The van der Waals surface area contributed by atoms with Gasteiger partial charge in [-0.05, 0) is 6.42 Å². The lowest BCUT2D eigenvalue weighted by molar-refractivity contribution is -0.144. The van der Waals surface area contributed by atoms with E-state index < -0.39 is 23.9 Å². The summed E-state index contributed by atoms with van der Waals surface area (Å²) in [5.74, 6) is -3.32. The second-order valence-corrected chi connectivity index (χ2v) is 6.44. The van der Waals surface area contributed by atoms with Crippen LogP contribution in [0, 0.1) is 0 Å². The van der Waals surface area contributed by atoms with Crippen LogP contribution in [0.3, 0.4) is 0 Å². The summed E-state index contributed by atoms with van der Waals surface area (Å²) in [5, 5.41) is 30.1. The average Bonchev–Trinajstić information content (AvgIpc) is 2.66. The number of aliphatic carboxylic acids is 3. The minimum atomic E-state index is -1.06. The van der Waals surface area contributed by atoms with Crippen molar-refractivity contribution in [3.63, 3.8) is 0 Å². The fourth-order valence-electron chi connectivity index (χ4n) is 3.02. The summed E-state index contributed by atoms with van der Waals surface area (Å²) in [6.45, 7) is 1.67. The number of carbonyl (C=O) groups excluding carboxylic acids is 1. The lowest BCUT2D eigenvalue weighted by Crippen LogP contribution is -2.47. The Bertz CT molecular complexity index is 515. The van der Waals surface area contributed by atoms with Gasteiger partial charge < -0.3 is 20.6 Å². The number of carboxylic acid groups (broad SMARTS) is 3. The largest absolute Gasteiger partial charge is 0.480 e. The number of amides is 1. The molecular formula is C16H28N4O7. The van der Waals surface area contributed by atoms with Crippen LogP contribution in [0.4, 0.5) is 0 Å². The van der Waals surface area contributed by atoms with E-state index in [-0.39, 0.29) is 31.8 Å². The molecule has 1 rings (SSSR count). The van der Waals surface area contributed by atoms with Gasteiger partial charge in [0, 0.05) is 52.7 Å². The third kappa shape index (κ3) is 8.80. The van der Waals surface area contributed by atoms with Crippen LogP contribution >= 0.6 is 0 Å². The van der Waals surface area contributed by atoms with Crippen LogP contribution in [0.5, 0.6) is 0 Å². The second-order valence-electron chi connectivity index (χ2n) is 6.44. The minimum absolute atomic E-state index is 0.0572. The van der Waals surface area contributed by atoms with Crippen LogP contribution in [0.2, 0.25) is 0 Å². The average molecular weight is 388 g/mol. The number of nitrogens with one attached hydrogen (secondary N) is 1. The van der Waals surface area contributed by atoms with Crippen molar-refractivity contribution < 1.29 is 34.5 Å². The highest BCUT2D eigenvalue weighted by molar-refractivity contribution is 5.78. The summed E-state index contributed by atoms with van der Waals surface area (Å²) in [5.41, 5.74) is 0. The van der Waals surface area contributed by atoms with Crippen LogP contribution in [0.15, 0.2) is 0 Å². The molecule has 1 aliphatic heterocycles. The monoisotopic (exact) mass is 388 g/mol. The van der Waals surface area contributed by atoms with E-state index in [2.05, 4.69) is 5.32 Å². The van der Waals surface area contributed by atoms with Crippen molar-refractivity contribution in [3.05, 3.63) is 0 Å². The van der Waals surface area contributed by atoms with Gasteiger partial charge in [-0.15, -0.1) is 0 Å². The molecule has 11 heteroatoms. The van der Waals surface area contributed by atoms with E-state index in [9.17, 15) is 24.3 Å². The fourth-order valence-corrected chi connectivity index (χ4v) is 3.02. The van der Waals surface area contributed by atoms with E-state index in [1.54, 1.807) is 14.7 Å². The van der Waals surface area contributed by atoms with Crippen molar-refractivity contribution in [2.24, 2.45) is 0 Å². The molecule has 1 aliphatic rings. The molecule has 1 amide bonds. The van der Waals surface area contributed by atoms with Crippen molar-refractivity contribution in [2.75, 3.05) is 59.4 Å². The molecule has 0 aromatic heterocycles. The molecule has 0 saturated carbocycles. The van der Waals surface area contributed by atoms with Gasteiger partial charge >= 0.3 is 17.9 Å². The molecule has 1 unspecified atom stereocenters. The molecule has 0 radical (unpaired) electrons. The highest BCUT2D eigenvalue weighted by atomic mass is 16.4. The molecular weight excluding hydrogens is 360 g/mol. The lowest BCUT2D eigenvalue weighted by atomic mass is 10.1. The molecule has 154 valence electrons. The van der Waals surface area contributed by atoms with Crippen LogP contribution in [-0.4, -0.2) is 119 Å². The van der Waals surface area contributed by atoms with E-state index in [1.165, 1.54) is 7.05 Å². The highest BCUT2D eigenvalue weighted by Gasteiger charge is 2.28. The molecule has 1 atom stereocenters. The molecule has 0 spiro atoms. The molecule has 0 bridgehead atoms. The van der Waals surface area contributed by atoms with Gasteiger partial charge in [-0.2, -0.15) is 0 Å². The molecule has 0 aliphatic carbocycles. The summed E-state index contributed by atoms with van der Waals surface area (Å²) in [7, 11) is 1.48. The summed E-state index contributed by atoms with van der Waals surface area (Å²) < 4.78 is 0. The Morgan fingerprint density at radius 3 is 1.67 bits per heavy atom. The first kappa shape index (κ1) is 22.8. The van der Waals surface area contributed by atoms with Crippen LogP contribution in [0.1, 0.15) is 12.8 Å². The second kappa shape index (κ2) is 11.5. The van der Waals surface area contributed by atoms with Crippen molar-refractivity contribution in [3.8, 4) is 0 Å². The van der Waals surface area contributed by atoms with Gasteiger partial charge in [-0.1, -0.05) is 0 Å². The molecule has 0 aromatic carbocycles. The Morgan fingerprint density at radius 1 is 0.852 bits per heavy atom. The molecule has 0 aromatic rings. The van der Waals surface area contributed by atoms with Gasteiger partial charge in [0.05, 0.1) is 13.1 Å². The topological polar surface area (TPSA) is 151 Å². The predicted octanol–water partition coefficient (Wildman–Crippen LogP) is -1.95. The van der Waals surface area contributed by atoms with Crippen molar-refractivity contribution in [2.45, 2.75) is 18.9 Å². The Hall–Kier alpha value is -2.24. The molecule has 1 fully saturated rings. The zero-order valence-corrected chi connectivity index (χ0v) is 15.5. The maximum absolute atomic E-state index is 11.7. The van der Waals surface area contributed by atoms with E-state index in [0.717, 1.165) is 0 Å². The minimum Gasteiger partial charge on any atom is -0.480 e. The first-order valence-electron chi connectivity index (χ1n) is 8.78. The SMILES string of the molecule is CNC(=O)CCC(C(=O)O)N1CCN(CC(=O)O)CCN(CC(=O)O)CC1. The zero-order valence-electron chi connectivity index (χ0n) is 15.5. The van der Waals surface area contributed by atoms with Gasteiger partial charge in [0.1, 0.15) is 6.04 Å². The van der Waals surface area contributed by atoms with Gasteiger partial charge in [-0.25, -0.2) is 0 Å². The molecule has 4 N–H and O–H groups in total. The first-order valence-corrected chi connectivity index (χ1v) is 8.78. The number of hydrogen-bond acceptors (Lipinski definition) is 7. The lowest BCUT2D eigenvalue weighted by Gasteiger charge is -2.30. The summed E-state index contributed by atoms with van der Waals surface area (Å²) in [6, 6.07) is -0.904. The van der Waals surface area contributed by atoms with Crippen molar-refractivity contribution in [1.82, 2.24) is 20.0 Å². The van der Waals surface area contributed by atoms with Crippen LogP contribution in [0.25, 0.3) is 0 Å². The maximum Gasteiger partial charge on any atom is 0.320 e. The van der Waals surface area contributed by atoms with E-state index in [0.29, 0.717) is 39.3 Å². The van der Waals surface area contributed by atoms with Gasteiger partial charge in [0.2, 0.25) is 5.91 Å². The van der Waals surface area contributed by atoms with Gasteiger partial charge in [0.15, 0.2) is 0 Å². The van der Waals surface area contributed by atoms with Crippen molar-refractivity contribution >= 4 is 23.8 Å². The third-order valence-corrected chi connectivity index (χ3v) is 4.51. The van der Waals surface area contributed by atoms with E-state index >= 15 is 0 Å². The highest BCUT2D eigenvalue weighted by Crippen LogP contribution is 2.10. The summed E-state index contributed by atoms with van der Waals surface area (Å²) in [4.78, 5) is 50.3. The van der Waals surface area contributed by atoms with E-state index in [1.807, 2.05) is 0 Å². The third-order valence-electron chi connectivity index (χ3n) is 4.51. The van der Waals surface area contributed by atoms with Crippen LogP contribution in [-0.2, 0) is 19.2 Å². The Kier molecular flexibility index (Phi) is 9.68. The summed E-state index contributed by atoms with van der Waals surface area (Å²) >= 11 is 0. The smallest absolute Gasteiger partial charge is 0.320 e. The molecule has 1 heterocycles. The van der Waals surface area contributed by atoms with Crippen molar-refractivity contribution in [1.29, 1.82) is 0 Å². The van der Waals surface area contributed by atoms with E-state index in [4.69, 9.17) is 10.2 Å². The first-order chi connectivity index (χ1) is 12.7. The van der Waals surface area contributed by atoms with Crippen LogP contribution < -0.4 is 5.32 Å². The number of carboxylic acids is 3. The Morgan fingerprint density at radius 2 is 1.30 bits per heavy atom. The Balaban J connectivity index is 2.90. The Labute approximate surface area is 157 Å². The maximum atomic E-state index is 11.7. The van der Waals surface area contributed by atoms with Gasteiger partial charge in [0.25, 0.3) is 0 Å². The number of carbonyl (C=O) groups is 4. The van der Waals surface area contributed by atoms with Gasteiger partial charge in [-0.3, -0.25) is 33.9 Å². The standard InChI is InChI=1S/C16H28N4O7/c1-17-13(21)3-2-12(16(26)27)20-8-6-18(10-14(22)23)4-5-19(7-9-20)11-15(24)25/h12H,2-11H2,1H3,(H,17,21)(H,22,23)(H,24,25)(H,26,27). The number of rotatable bonds is 9. The molecule has 27 heavy (non-hydrogen) atoms. The fraction of sp³-hybridized carbons (Fsp3) is 0.750. The normalized spacial score (nSPS) is 18.7. The summed E-state index contributed by atoms with van der Waals surface area (Å²) in [6.07, 6.45) is 0.175. The molecule has 11 nitrogen and oxygen atoms in total. The zero-order chi connectivity index (χ0) is 20.4. The molecule has 1 saturated heterocycles. The number of nitrogens with zero attached hydrogens (tertiary/aromatic N) is 3. The predicted molar refractivity (Wildman–Crippen MR) is 94.4 cm³/mol.